The summed E-state index contributed by atoms with van der Waals surface area (Å²) in [5.41, 5.74) is 1.28. The minimum Gasteiger partial charge on any atom is -0.367 e. The Morgan fingerprint density at radius 2 is 1.64 bits per heavy atom. The van der Waals surface area contributed by atoms with Gasteiger partial charge in [0.05, 0.1) is 0 Å². The molecule has 0 aliphatic heterocycles. The Morgan fingerprint density at radius 1 is 1.07 bits per heavy atom. The lowest BCUT2D eigenvalue weighted by molar-refractivity contribution is 0.608. The average Bonchev–Trinajstić information content (AvgIpc) is 2.02. The van der Waals surface area contributed by atoms with Gasteiger partial charge in [-0.3, -0.25) is 0 Å². The van der Waals surface area contributed by atoms with Crippen LogP contribution in [0.15, 0.2) is 28.7 Å². The van der Waals surface area contributed by atoms with Crippen molar-refractivity contribution in [2.45, 2.75) is 39.8 Å². The summed E-state index contributed by atoms with van der Waals surface area (Å²) in [5, 5.41) is 0. The number of halogens is 1. The fourth-order valence-corrected chi connectivity index (χ4v) is 2.22. The standard InChI is InChI=1S/C12H18BrN/c1-9(2)14(10(3)4)12-7-5-6-11(13)8-12/h5-10H,1-4H3. The maximum atomic E-state index is 3.50. The summed E-state index contributed by atoms with van der Waals surface area (Å²) < 4.78 is 1.14. The molecule has 1 nitrogen and oxygen atoms in total. The van der Waals surface area contributed by atoms with E-state index in [4.69, 9.17) is 0 Å². The van der Waals surface area contributed by atoms with Crippen molar-refractivity contribution in [3.63, 3.8) is 0 Å². The molecule has 0 aromatic heterocycles. The number of rotatable bonds is 3. The van der Waals surface area contributed by atoms with Crippen LogP contribution >= 0.6 is 15.9 Å². The van der Waals surface area contributed by atoms with Crippen molar-refractivity contribution in [1.82, 2.24) is 0 Å². The summed E-state index contributed by atoms with van der Waals surface area (Å²) in [6.07, 6.45) is 0. The van der Waals surface area contributed by atoms with Crippen molar-refractivity contribution in [2.75, 3.05) is 4.90 Å². The van der Waals surface area contributed by atoms with Crippen LogP contribution < -0.4 is 4.90 Å². The second-order valence-corrected chi connectivity index (χ2v) is 4.99. The first kappa shape index (κ1) is 11.6. The SMILES string of the molecule is CC(C)N(c1cccc(Br)c1)C(C)C. The molecule has 0 amide bonds. The van der Waals surface area contributed by atoms with Crippen molar-refractivity contribution in [3.8, 4) is 0 Å². The predicted octanol–water partition coefficient (Wildman–Crippen LogP) is 4.07. The first-order valence-electron chi connectivity index (χ1n) is 5.06. The molecule has 2 heteroatoms. The lowest BCUT2D eigenvalue weighted by Crippen LogP contribution is -2.36. The molecule has 1 aromatic rings. The summed E-state index contributed by atoms with van der Waals surface area (Å²) in [7, 11) is 0. The second kappa shape index (κ2) is 4.83. The third-order valence-electron chi connectivity index (χ3n) is 2.22. The van der Waals surface area contributed by atoms with Crippen LogP contribution in [-0.2, 0) is 0 Å². The van der Waals surface area contributed by atoms with Crippen LogP contribution in [0.5, 0.6) is 0 Å². The third-order valence-corrected chi connectivity index (χ3v) is 2.71. The van der Waals surface area contributed by atoms with Crippen molar-refractivity contribution >= 4 is 21.6 Å². The Labute approximate surface area is 95.2 Å². The van der Waals surface area contributed by atoms with Crippen LogP contribution in [0, 0.1) is 0 Å². The smallest absolute Gasteiger partial charge is 0.0382 e. The minimum atomic E-state index is 0.532. The van der Waals surface area contributed by atoms with Crippen molar-refractivity contribution in [3.05, 3.63) is 28.7 Å². The highest BCUT2D eigenvalue weighted by Crippen LogP contribution is 2.23. The molecule has 78 valence electrons. The van der Waals surface area contributed by atoms with Crippen molar-refractivity contribution in [2.24, 2.45) is 0 Å². The summed E-state index contributed by atoms with van der Waals surface area (Å²) in [6.45, 7) is 8.89. The number of hydrogen-bond acceptors (Lipinski definition) is 1. The zero-order chi connectivity index (χ0) is 10.7. The molecule has 0 aliphatic rings. The van der Waals surface area contributed by atoms with Gasteiger partial charge in [0.15, 0.2) is 0 Å². The first-order chi connectivity index (χ1) is 6.52. The summed E-state index contributed by atoms with van der Waals surface area (Å²) >= 11 is 3.50. The molecule has 0 aliphatic carbocycles. The predicted molar refractivity (Wildman–Crippen MR) is 66.9 cm³/mol. The van der Waals surface area contributed by atoms with E-state index in [9.17, 15) is 0 Å². The van der Waals surface area contributed by atoms with Gasteiger partial charge in [0, 0.05) is 22.2 Å². The van der Waals surface area contributed by atoms with Gasteiger partial charge in [-0.2, -0.15) is 0 Å². The zero-order valence-electron chi connectivity index (χ0n) is 9.29. The average molecular weight is 256 g/mol. The fourth-order valence-electron chi connectivity index (χ4n) is 1.83. The number of nitrogens with zero attached hydrogens (tertiary/aromatic N) is 1. The van der Waals surface area contributed by atoms with E-state index in [0.717, 1.165) is 4.47 Å². The topological polar surface area (TPSA) is 3.24 Å². The van der Waals surface area contributed by atoms with E-state index < -0.39 is 0 Å². The molecule has 0 spiro atoms. The van der Waals surface area contributed by atoms with Gasteiger partial charge in [-0.1, -0.05) is 22.0 Å². The molecule has 0 fully saturated rings. The van der Waals surface area contributed by atoms with Crippen LogP contribution in [0.25, 0.3) is 0 Å². The van der Waals surface area contributed by atoms with E-state index in [-0.39, 0.29) is 0 Å². The lowest BCUT2D eigenvalue weighted by Gasteiger charge is -2.33. The summed E-state index contributed by atoms with van der Waals surface area (Å²) in [6, 6.07) is 9.53. The van der Waals surface area contributed by atoms with Crippen LogP contribution in [-0.4, -0.2) is 12.1 Å². The van der Waals surface area contributed by atoms with E-state index in [1.807, 2.05) is 0 Å². The van der Waals surface area contributed by atoms with Crippen molar-refractivity contribution in [1.29, 1.82) is 0 Å². The molecule has 14 heavy (non-hydrogen) atoms. The van der Waals surface area contributed by atoms with Crippen LogP contribution in [0.4, 0.5) is 5.69 Å². The Bertz CT molecular complexity index is 286. The number of anilines is 1. The second-order valence-electron chi connectivity index (χ2n) is 4.07. The Kier molecular flexibility index (Phi) is 3.99. The largest absolute Gasteiger partial charge is 0.367 e. The molecule has 0 saturated heterocycles. The van der Waals surface area contributed by atoms with Crippen LogP contribution in [0.3, 0.4) is 0 Å². The molecule has 1 rings (SSSR count). The monoisotopic (exact) mass is 255 g/mol. The van der Waals surface area contributed by atoms with Gasteiger partial charge in [0.1, 0.15) is 0 Å². The molecule has 1 aromatic carbocycles. The van der Waals surface area contributed by atoms with Gasteiger partial charge in [-0.05, 0) is 45.9 Å². The molecule has 0 unspecified atom stereocenters. The Hall–Kier alpha value is -0.500. The molecular formula is C12H18BrN. The third kappa shape index (κ3) is 2.74. The van der Waals surface area contributed by atoms with E-state index in [2.05, 4.69) is 72.8 Å². The quantitative estimate of drug-likeness (QED) is 0.787. The number of benzene rings is 1. The van der Waals surface area contributed by atoms with Gasteiger partial charge in [0.2, 0.25) is 0 Å². The van der Waals surface area contributed by atoms with E-state index in [0.29, 0.717) is 12.1 Å². The van der Waals surface area contributed by atoms with E-state index in [1.54, 1.807) is 0 Å². The van der Waals surface area contributed by atoms with Crippen LogP contribution in [0.2, 0.25) is 0 Å². The molecule has 0 saturated carbocycles. The fraction of sp³-hybridized carbons (Fsp3) is 0.500. The van der Waals surface area contributed by atoms with Gasteiger partial charge in [0.25, 0.3) is 0 Å². The van der Waals surface area contributed by atoms with Crippen molar-refractivity contribution < 1.29 is 0 Å². The minimum absolute atomic E-state index is 0.532. The maximum absolute atomic E-state index is 3.50. The lowest BCUT2D eigenvalue weighted by atomic mass is 10.2. The highest BCUT2D eigenvalue weighted by molar-refractivity contribution is 9.10. The van der Waals surface area contributed by atoms with Gasteiger partial charge in [-0.25, -0.2) is 0 Å². The molecule has 0 atom stereocenters. The highest BCUT2D eigenvalue weighted by Gasteiger charge is 2.13. The first-order valence-corrected chi connectivity index (χ1v) is 5.85. The Balaban J connectivity index is 2.99. The van der Waals surface area contributed by atoms with E-state index in [1.165, 1.54) is 5.69 Å². The Morgan fingerprint density at radius 3 is 2.07 bits per heavy atom. The van der Waals surface area contributed by atoms with Crippen LogP contribution in [0.1, 0.15) is 27.7 Å². The molecule has 0 heterocycles. The molecule has 0 radical (unpaired) electrons. The number of hydrogen-bond donors (Lipinski definition) is 0. The van der Waals surface area contributed by atoms with Gasteiger partial charge < -0.3 is 4.90 Å². The van der Waals surface area contributed by atoms with E-state index >= 15 is 0 Å². The van der Waals surface area contributed by atoms with Gasteiger partial charge in [-0.15, -0.1) is 0 Å². The van der Waals surface area contributed by atoms with Gasteiger partial charge >= 0.3 is 0 Å². The summed E-state index contributed by atoms with van der Waals surface area (Å²) in [5.74, 6) is 0. The zero-order valence-corrected chi connectivity index (χ0v) is 10.9. The normalized spacial score (nSPS) is 11.1. The highest BCUT2D eigenvalue weighted by atomic mass is 79.9. The molecular weight excluding hydrogens is 238 g/mol. The molecule has 0 N–H and O–H groups in total. The molecule has 0 bridgehead atoms. The maximum Gasteiger partial charge on any atom is 0.0382 e. The summed E-state index contributed by atoms with van der Waals surface area (Å²) in [4.78, 5) is 2.41.